The summed E-state index contributed by atoms with van der Waals surface area (Å²) in [5.41, 5.74) is 6.18. The van der Waals surface area contributed by atoms with Crippen molar-refractivity contribution >= 4 is 0 Å². The van der Waals surface area contributed by atoms with Crippen LogP contribution in [-0.2, 0) is 0 Å². The predicted octanol–water partition coefficient (Wildman–Crippen LogP) is 4.11. The van der Waals surface area contributed by atoms with Gasteiger partial charge < -0.3 is 5.73 Å². The SMILES string of the molecule is CCCCCCCC1CC(C)CCC1N. The molecule has 1 aliphatic carbocycles. The largest absolute Gasteiger partial charge is 0.327 e. The van der Waals surface area contributed by atoms with Crippen LogP contribution in [0.5, 0.6) is 0 Å². The minimum absolute atomic E-state index is 0.507. The van der Waals surface area contributed by atoms with Gasteiger partial charge in [0, 0.05) is 6.04 Å². The van der Waals surface area contributed by atoms with Crippen molar-refractivity contribution in [2.45, 2.75) is 77.7 Å². The van der Waals surface area contributed by atoms with Gasteiger partial charge in [0.1, 0.15) is 0 Å². The second-order valence-corrected chi connectivity index (χ2v) is 5.55. The highest BCUT2D eigenvalue weighted by Gasteiger charge is 2.24. The first kappa shape index (κ1) is 13.0. The highest BCUT2D eigenvalue weighted by Crippen LogP contribution is 2.31. The van der Waals surface area contributed by atoms with Crippen molar-refractivity contribution in [2.24, 2.45) is 17.6 Å². The van der Waals surface area contributed by atoms with Crippen LogP contribution in [0.1, 0.15) is 71.6 Å². The molecule has 1 saturated carbocycles. The molecule has 0 saturated heterocycles. The van der Waals surface area contributed by atoms with Gasteiger partial charge >= 0.3 is 0 Å². The van der Waals surface area contributed by atoms with Crippen molar-refractivity contribution in [3.05, 3.63) is 0 Å². The summed E-state index contributed by atoms with van der Waals surface area (Å²) in [5.74, 6) is 1.75. The van der Waals surface area contributed by atoms with Gasteiger partial charge in [0.15, 0.2) is 0 Å². The van der Waals surface area contributed by atoms with Crippen LogP contribution < -0.4 is 5.73 Å². The van der Waals surface area contributed by atoms with E-state index in [9.17, 15) is 0 Å². The quantitative estimate of drug-likeness (QED) is 0.657. The fraction of sp³-hybridized carbons (Fsp3) is 1.00. The van der Waals surface area contributed by atoms with E-state index in [1.807, 2.05) is 0 Å². The van der Waals surface area contributed by atoms with Crippen molar-refractivity contribution < 1.29 is 0 Å². The van der Waals surface area contributed by atoms with E-state index in [1.165, 1.54) is 57.8 Å². The minimum atomic E-state index is 0.507. The summed E-state index contributed by atoms with van der Waals surface area (Å²) >= 11 is 0. The smallest absolute Gasteiger partial charge is 0.00673 e. The summed E-state index contributed by atoms with van der Waals surface area (Å²) in [6, 6.07) is 0.507. The Balaban J connectivity index is 2.08. The van der Waals surface area contributed by atoms with E-state index < -0.39 is 0 Å². The van der Waals surface area contributed by atoms with Gasteiger partial charge in [0.2, 0.25) is 0 Å². The van der Waals surface area contributed by atoms with Crippen LogP contribution in [0.25, 0.3) is 0 Å². The van der Waals surface area contributed by atoms with Crippen molar-refractivity contribution in [3.8, 4) is 0 Å². The van der Waals surface area contributed by atoms with Gasteiger partial charge in [-0.2, -0.15) is 0 Å². The second-order valence-electron chi connectivity index (χ2n) is 5.55. The molecule has 3 atom stereocenters. The van der Waals surface area contributed by atoms with E-state index in [0.29, 0.717) is 6.04 Å². The fourth-order valence-corrected chi connectivity index (χ4v) is 2.86. The predicted molar refractivity (Wildman–Crippen MR) is 67.9 cm³/mol. The molecule has 1 heteroatoms. The van der Waals surface area contributed by atoms with Gasteiger partial charge in [-0.3, -0.25) is 0 Å². The van der Waals surface area contributed by atoms with Gasteiger partial charge in [0.05, 0.1) is 0 Å². The monoisotopic (exact) mass is 211 g/mol. The minimum Gasteiger partial charge on any atom is -0.327 e. The van der Waals surface area contributed by atoms with Gasteiger partial charge in [-0.1, -0.05) is 46.0 Å². The van der Waals surface area contributed by atoms with Crippen molar-refractivity contribution in [1.82, 2.24) is 0 Å². The summed E-state index contributed by atoms with van der Waals surface area (Å²) in [4.78, 5) is 0. The Morgan fingerprint density at radius 2 is 1.80 bits per heavy atom. The summed E-state index contributed by atoms with van der Waals surface area (Å²) in [6.07, 6.45) is 12.4. The third kappa shape index (κ3) is 5.01. The summed E-state index contributed by atoms with van der Waals surface area (Å²) in [6.45, 7) is 4.66. The molecule has 90 valence electrons. The van der Waals surface area contributed by atoms with Crippen LogP contribution in [-0.4, -0.2) is 6.04 Å². The van der Waals surface area contributed by atoms with E-state index in [-0.39, 0.29) is 0 Å². The van der Waals surface area contributed by atoms with Crippen molar-refractivity contribution in [3.63, 3.8) is 0 Å². The average Bonchev–Trinajstić information content (AvgIpc) is 2.23. The topological polar surface area (TPSA) is 26.0 Å². The van der Waals surface area contributed by atoms with Gasteiger partial charge in [-0.25, -0.2) is 0 Å². The van der Waals surface area contributed by atoms with Crippen molar-refractivity contribution in [1.29, 1.82) is 0 Å². The molecule has 0 bridgehead atoms. The molecular formula is C14H29N. The van der Waals surface area contributed by atoms with Gasteiger partial charge in [0.25, 0.3) is 0 Å². The van der Waals surface area contributed by atoms with Crippen molar-refractivity contribution in [2.75, 3.05) is 0 Å². The van der Waals surface area contributed by atoms with Crippen LogP contribution in [0.2, 0.25) is 0 Å². The maximum absolute atomic E-state index is 6.18. The first-order valence-corrected chi connectivity index (χ1v) is 6.99. The lowest BCUT2D eigenvalue weighted by Crippen LogP contribution is -2.35. The number of hydrogen-bond donors (Lipinski definition) is 1. The molecule has 1 rings (SSSR count). The highest BCUT2D eigenvalue weighted by atomic mass is 14.7. The zero-order valence-electron chi connectivity index (χ0n) is 10.7. The number of hydrogen-bond acceptors (Lipinski definition) is 1. The molecule has 1 nitrogen and oxygen atoms in total. The van der Waals surface area contributed by atoms with Gasteiger partial charge in [-0.05, 0) is 37.5 Å². The number of unbranched alkanes of at least 4 members (excludes halogenated alkanes) is 4. The Hall–Kier alpha value is -0.0400. The molecule has 0 amide bonds. The summed E-state index contributed by atoms with van der Waals surface area (Å²) < 4.78 is 0. The van der Waals surface area contributed by atoms with Crippen LogP contribution in [0.3, 0.4) is 0 Å². The van der Waals surface area contributed by atoms with Crippen LogP contribution in [0.4, 0.5) is 0 Å². The van der Waals surface area contributed by atoms with Crippen LogP contribution in [0, 0.1) is 11.8 Å². The zero-order valence-corrected chi connectivity index (χ0v) is 10.7. The van der Waals surface area contributed by atoms with Crippen LogP contribution >= 0.6 is 0 Å². The van der Waals surface area contributed by atoms with E-state index >= 15 is 0 Å². The third-order valence-corrected chi connectivity index (χ3v) is 3.98. The Kier molecular flexibility index (Phi) is 6.31. The molecular weight excluding hydrogens is 182 g/mol. The number of nitrogens with two attached hydrogens (primary N) is 1. The zero-order chi connectivity index (χ0) is 11.1. The molecule has 0 aromatic carbocycles. The van der Waals surface area contributed by atoms with E-state index in [0.717, 1.165) is 11.8 Å². The normalized spacial score (nSPS) is 31.8. The lowest BCUT2D eigenvalue weighted by atomic mass is 9.77. The second kappa shape index (κ2) is 7.27. The Morgan fingerprint density at radius 3 is 2.53 bits per heavy atom. The molecule has 3 unspecified atom stereocenters. The van der Waals surface area contributed by atoms with Crippen LogP contribution in [0.15, 0.2) is 0 Å². The molecule has 0 radical (unpaired) electrons. The molecule has 0 heterocycles. The Bertz CT molecular complexity index is 155. The summed E-state index contributed by atoms with van der Waals surface area (Å²) in [5, 5.41) is 0. The molecule has 2 N–H and O–H groups in total. The molecule has 0 aromatic rings. The molecule has 1 fully saturated rings. The molecule has 0 spiro atoms. The highest BCUT2D eigenvalue weighted by molar-refractivity contribution is 4.80. The molecule has 15 heavy (non-hydrogen) atoms. The van der Waals surface area contributed by atoms with E-state index in [2.05, 4.69) is 13.8 Å². The first-order chi connectivity index (χ1) is 7.24. The lowest BCUT2D eigenvalue weighted by molar-refractivity contribution is 0.229. The average molecular weight is 211 g/mol. The third-order valence-electron chi connectivity index (χ3n) is 3.98. The molecule has 0 aromatic heterocycles. The van der Waals surface area contributed by atoms with E-state index in [1.54, 1.807) is 0 Å². The van der Waals surface area contributed by atoms with Gasteiger partial charge in [-0.15, -0.1) is 0 Å². The maximum Gasteiger partial charge on any atom is 0.00673 e. The first-order valence-electron chi connectivity index (χ1n) is 6.99. The maximum atomic E-state index is 6.18. The molecule has 0 aliphatic heterocycles. The number of rotatable bonds is 6. The Morgan fingerprint density at radius 1 is 1.07 bits per heavy atom. The lowest BCUT2D eigenvalue weighted by Gasteiger charge is -2.32. The summed E-state index contributed by atoms with van der Waals surface area (Å²) in [7, 11) is 0. The Labute approximate surface area is 95.8 Å². The molecule has 1 aliphatic rings. The standard InChI is InChI=1S/C14H29N/c1-3-4-5-6-7-8-13-11-12(2)9-10-14(13)15/h12-14H,3-11,15H2,1-2H3. The van der Waals surface area contributed by atoms with E-state index in [4.69, 9.17) is 5.73 Å². The fourth-order valence-electron chi connectivity index (χ4n) is 2.86.